The van der Waals surface area contributed by atoms with Gasteiger partial charge in [0.15, 0.2) is 11.6 Å². The quantitative estimate of drug-likeness (QED) is 0.835. The molecule has 0 aromatic carbocycles. The molecule has 0 spiro atoms. The maximum atomic E-state index is 13.4. The molecule has 1 saturated heterocycles. The summed E-state index contributed by atoms with van der Waals surface area (Å²) in [4.78, 5) is 21.3. The van der Waals surface area contributed by atoms with Crippen LogP contribution < -0.4 is 10.6 Å². The Morgan fingerprint density at radius 2 is 2.21 bits per heavy atom. The molecule has 0 radical (unpaired) electrons. The third kappa shape index (κ3) is 3.52. The third-order valence-electron chi connectivity index (χ3n) is 3.06. The Balaban J connectivity index is 1.83. The number of anilines is 2. The molecule has 0 atom stereocenters. The van der Waals surface area contributed by atoms with E-state index in [1.807, 2.05) is 4.90 Å². The van der Waals surface area contributed by atoms with Crippen molar-refractivity contribution in [2.45, 2.75) is 19.3 Å². The van der Waals surface area contributed by atoms with Crippen LogP contribution in [0, 0.1) is 5.82 Å². The van der Waals surface area contributed by atoms with Crippen molar-refractivity contribution in [2.24, 2.45) is 0 Å². The molecule has 2 rings (SSSR count). The maximum Gasteiger partial charge on any atom is 0.224 e. The molecule has 104 valence electrons. The zero-order valence-electron chi connectivity index (χ0n) is 10.9. The first-order chi connectivity index (χ1) is 9.20. The van der Waals surface area contributed by atoms with E-state index in [-0.39, 0.29) is 11.7 Å². The first-order valence-corrected chi connectivity index (χ1v) is 6.42. The smallest absolute Gasteiger partial charge is 0.224 e. The Hall–Kier alpha value is -1.92. The van der Waals surface area contributed by atoms with Crippen LogP contribution in [0.1, 0.15) is 19.3 Å². The Kier molecular flexibility index (Phi) is 4.48. The van der Waals surface area contributed by atoms with Crippen molar-refractivity contribution >= 4 is 17.7 Å². The van der Waals surface area contributed by atoms with E-state index in [1.165, 1.54) is 0 Å². The average molecular weight is 267 g/mol. The predicted octanol–water partition coefficient (Wildman–Crippen LogP) is 1.08. The summed E-state index contributed by atoms with van der Waals surface area (Å²) in [7, 11) is 1.66. The fourth-order valence-electron chi connectivity index (χ4n) is 2.02. The van der Waals surface area contributed by atoms with Gasteiger partial charge in [0.25, 0.3) is 0 Å². The van der Waals surface area contributed by atoms with Gasteiger partial charge in [0.2, 0.25) is 11.9 Å². The van der Waals surface area contributed by atoms with E-state index in [9.17, 15) is 9.18 Å². The standard InChI is InChI=1S/C12H18FN5O/c1-14-12-16-8-9(13)11(17-12)15-5-4-10(19)18-6-2-3-7-18/h8H,2-7H2,1H3,(H2,14,15,16,17). The highest BCUT2D eigenvalue weighted by Crippen LogP contribution is 2.12. The number of hydrogen-bond donors (Lipinski definition) is 2. The predicted molar refractivity (Wildman–Crippen MR) is 70.5 cm³/mol. The van der Waals surface area contributed by atoms with Gasteiger partial charge in [-0.05, 0) is 12.8 Å². The van der Waals surface area contributed by atoms with Gasteiger partial charge < -0.3 is 15.5 Å². The monoisotopic (exact) mass is 267 g/mol. The number of likely N-dealkylation sites (tertiary alicyclic amines) is 1. The van der Waals surface area contributed by atoms with Gasteiger partial charge in [0.1, 0.15) is 0 Å². The van der Waals surface area contributed by atoms with E-state index >= 15 is 0 Å². The fraction of sp³-hybridized carbons (Fsp3) is 0.583. The summed E-state index contributed by atoms with van der Waals surface area (Å²) in [5, 5.41) is 5.56. The molecule has 2 heterocycles. The summed E-state index contributed by atoms with van der Waals surface area (Å²) >= 11 is 0. The van der Waals surface area contributed by atoms with E-state index in [2.05, 4.69) is 20.6 Å². The van der Waals surface area contributed by atoms with Gasteiger partial charge in [0.05, 0.1) is 6.20 Å². The highest BCUT2D eigenvalue weighted by molar-refractivity contribution is 5.76. The minimum Gasteiger partial charge on any atom is -0.367 e. The van der Waals surface area contributed by atoms with Crippen LogP contribution in [-0.2, 0) is 4.79 Å². The SMILES string of the molecule is CNc1ncc(F)c(NCCC(=O)N2CCCC2)n1. The van der Waals surface area contributed by atoms with Crippen molar-refractivity contribution in [3.8, 4) is 0 Å². The number of nitrogens with zero attached hydrogens (tertiary/aromatic N) is 3. The van der Waals surface area contributed by atoms with Crippen LogP contribution in [0.5, 0.6) is 0 Å². The van der Waals surface area contributed by atoms with E-state index < -0.39 is 5.82 Å². The van der Waals surface area contributed by atoms with Crippen molar-refractivity contribution in [3.63, 3.8) is 0 Å². The molecule has 0 unspecified atom stereocenters. The average Bonchev–Trinajstić information content (AvgIpc) is 2.95. The number of hydrogen-bond acceptors (Lipinski definition) is 5. The van der Waals surface area contributed by atoms with Gasteiger partial charge in [-0.25, -0.2) is 9.37 Å². The van der Waals surface area contributed by atoms with E-state index in [1.54, 1.807) is 7.05 Å². The van der Waals surface area contributed by atoms with E-state index in [4.69, 9.17) is 0 Å². The lowest BCUT2D eigenvalue weighted by atomic mass is 10.3. The molecule has 1 aromatic heterocycles. The highest BCUT2D eigenvalue weighted by atomic mass is 19.1. The van der Waals surface area contributed by atoms with Crippen LogP contribution >= 0.6 is 0 Å². The summed E-state index contributed by atoms with van der Waals surface area (Å²) in [6.45, 7) is 2.04. The number of carbonyl (C=O) groups is 1. The third-order valence-corrected chi connectivity index (χ3v) is 3.06. The van der Waals surface area contributed by atoms with Crippen LogP contribution in [0.4, 0.5) is 16.2 Å². The van der Waals surface area contributed by atoms with Crippen molar-refractivity contribution in [1.82, 2.24) is 14.9 Å². The molecule has 1 aromatic rings. The van der Waals surface area contributed by atoms with Gasteiger partial charge in [-0.3, -0.25) is 4.79 Å². The zero-order chi connectivity index (χ0) is 13.7. The second-order valence-electron chi connectivity index (χ2n) is 4.40. The lowest BCUT2D eigenvalue weighted by Crippen LogP contribution is -2.29. The lowest BCUT2D eigenvalue weighted by molar-refractivity contribution is -0.129. The molecule has 0 bridgehead atoms. The number of amides is 1. The molecule has 1 amide bonds. The van der Waals surface area contributed by atoms with E-state index in [0.717, 1.165) is 32.1 Å². The molecule has 6 nitrogen and oxygen atoms in total. The molecular weight excluding hydrogens is 249 g/mol. The molecule has 2 N–H and O–H groups in total. The van der Waals surface area contributed by atoms with Crippen LogP contribution in [0.3, 0.4) is 0 Å². The minimum absolute atomic E-state index is 0.105. The number of aromatic nitrogens is 2. The highest BCUT2D eigenvalue weighted by Gasteiger charge is 2.17. The largest absolute Gasteiger partial charge is 0.367 e. The van der Waals surface area contributed by atoms with Crippen LogP contribution in [0.25, 0.3) is 0 Å². The number of halogens is 1. The Labute approximate surface area is 111 Å². The van der Waals surface area contributed by atoms with Gasteiger partial charge in [-0.2, -0.15) is 4.98 Å². The Bertz CT molecular complexity index is 448. The van der Waals surface area contributed by atoms with Crippen molar-refractivity contribution in [1.29, 1.82) is 0 Å². The Morgan fingerprint density at radius 3 is 2.89 bits per heavy atom. The second-order valence-corrected chi connectivity index (χ2v) is 4.40. The van der Waals surface area contributed by atoms with Crippen LogP contribution in [0.15, 0.2) is 6.20 Å². The summed E-state index contributed by atoms with van der Waals surface area (Å²) in [6.07, 6.45) is 3.60. The van der Waals surface area contributed by atoms with Gasteiger partial charge in [0, 0.05) is 33.1 Å². The summed E-state index contributed by atoms with van der Waals surface area (Å²) in [6, 6.07) is 0. The molecule has 1 aliphatic heterocycles. The molecule has 19 heavy (non-hydrogen) atoms. The lowest BCUT2D eigenvalue weighted by Gasteiger charge is -2.15. The minimum atomic E-state index is -0.521. The molecular formula is C12H18FN5O. The maximum absolute atomic E-state index is 13.4. The molecule has 0 aliphatic carbocycles. The van der Waals surface area contributed by atoms with Crippen molar-refractivity contribution < 1.29 is 9.18 Å². The van der Waals surface area contributed by atoms with Crippen molar-refractivity contribution in [2.75, 3.05) is 37.3 Å². The van der Waals surface area contributed by atoms with E-state index in [0.29, 0.717) is 18.9 Å². The first kappa shape index (κ1) is 13.5. The number of nitrogens with one attached hydrogen (secondary N) is 2. The van der Waals surface area contributed by atoms with Crippen LogP contribution in [0.2, 0.25) is 0 Å². The molecule has 1 fully saturated rings. The molecule has 1 aliphatic rings. The Morgan fingerprint density at radius 1 is 1.47 bits per heavy atom. The first-order valence-electron chi connectivity index (χ1n) is 6.42. The summed E-state index contributed by atoms with van der Waals surface area (Å²) in [5.74, 6) is 0.0456. The van der Waals surface area contributed by atoms with Gasteiger partial charge in [-0.15, -0.1) is 0 Å². The normalized spacial score (nSPS) is 14.5. The molecule has 0 saturated carbocycles. The number of carbonyl (C=O) groups excluding carboxylic acids is 1. The van der Waals surface area contributed by atoms with Gasteiger partial charge >= 0.3 is 0 Å². The second kappa shape index (κ2) is 6.31. The summed E-state index contributed by atoms with van der Waals surface area (Å²) in [5.41, 5.74) is 0. The zero-order valence-corrected chi connectivity index (χ0v) is 10.9. The summed E-state index contributed by atoms with van der Waals surface area (Å²) < 4.78 is 13.4. The van der Waals surface area contributed by atoms with Crippen LogP contribution in [-0.4, -0.2) is 47.5 Å². The van der Waals surface area contributed by atoms with Gasteiger partial charge in [-0.1, -0.05) is 0 Å². The fourth-order valence-corrected chi connectivity index (χ4v) is 2.02. The molecule has 7 heteroatoms. The van der Waals surface area contributed by atoms with Crippen molar-refractivity contribution in [3.05, 3.63) is 12.0 Å². The number of rotatable bonds is 5. The topological polar surface area (TPSA) is 70.2 Å².